The number of carbonyl (C=O) groups excluding carboxylic acids is 1. The molecule has 0 bridgehead atoms. The Hall–Kier alpha value is -8.42. The number of carbonyl (C=O) groups is 1. The Morgan fingerprint density at radius 3 is 1.92 bits per heavy atom. The molecule has 418 valence electrons. The maximum atomic E-state index is 14.8. The van der Waals surface area contributed by atoms with Crippen molar-refractivity contribution in [3.8, 4) is 44.9 Å². The third-order valence-electron chi connectivity index (χ3n) is 18.8. The van der Waals surface area contributed by atoms with Crippen molar-refractivity contribution < 1.29 is 18.7 Å². The van der Waals surface area contributed by atoms with Gasteiger partial charge >= 0.3 is 0 Å². The first-order chi connectivity index (χ1) is 40.6. The largest absolute Gasteiger partial charge is 0.497 e. The van der Waals surface area contributed by atoms with Crippen molar-refractivity contribution in [1.29, 1.82) is 0 Å². The van der Waals surface area contributed by atoms with Crippen molar-refractivity contribution in [2.75, 3.05) is 48.4 Å². The van der Waals surface area contributed by atoms with Crippen molar-refractivity contribution in [3.63, 3.8) is 0 Å². The van der Waals surface area contributed by atoms with Gasteiger partial charge in [-0.2, -0.15) is 0 Å². The van der Waals surface area contributed by atoms with Crippen LogP contribution < -0.4 is 24.6 Å². The van der Waals surface area contributed by atoms with Gasteiger partial charge in [0.1, 0.15) is 18.2 Å². The highest BCUT2D eigenvalue weighted by Crippen LogP contribution is 2.59. The Kier molecular flexibility index (Phi) is 14.8. The topological polar surface area (TPSA) is 54.0 Å². The Labute approximate surface area is 489 Å². The molecule has 1 amide bonds. The number of hydrogen-bond donors (Lipinski definition) is 1. The molecule has 4 aliphatic rings. The van der Waals surface area contributed by atoms with Gasteiger partial charge in [0.2, 0.25) is 0 Å². The minimum atomic E-state index is -0.953. The van der Waals surface area contributed by atoms with Crippen LogP contribution in [0.2, 0.25) is 0 Å². The lowest BCUT2D eigenvalue weighted by Crippen LogP contribution is -2.46. The molecule has 1 saturated heterocycles. The van der Waals surface area contributed by atoms with E-state index in [1.54, 1.807) is 7.11 Å². The van der Waals surface area contributed by atoms with Crippen LogP contribution in [0.15, 0.2) is 194 Å². The van der Waals surface area contributed by atoms with E-state index in [2.05, 4.69) is 181 Å². The van der Waals surface area contributed by atoms with E-state index in [4.69, 9.17) is 9.47 Å². The first-order valence-corrected chi connectivity index (χ1v) is 30.2. The van der Waals surface area contributed by atoms with Crippen molar-refractivity contribution in [2.24, 2.45) is 5.92 Å². The quantitative estimate of drug-likeness (QED) is 0.104. The van der Waals surface area contributed by atoms with E-state index in [9.17, 15) is 9.18 Å². The molecule has 0 spiro atoms. The fourth-order valence-electron chi connectivity index (χ4n) is 14.1. The van der Waals surface area contributed by atoms with Crippen molar-refractivity contribution in [1.82, 2.24) is 0 Å². The predicted octanol–water partition coefficient (Wildman–Crippen LogP) is 18.7. The Morgan fingerprint density at radius 1 is 0.651 bits per heavy atom. The summed E-state index contributed by atoms with van der Waals surface area (Å²) in [6.07, 6.45) is 15.3. The number of nitrogens with one attached hydrogen (secondary N) is 1. The fourth-order valence-corrected chi connectivity index (χ4v) is 14.1. The molecule has 0 aromatic heterocycles. The van der Waals surface area contributed by atoms with Gasteiger partial charge in [0.25, 0.3) is 5.91 Å². The lowest BCUT2D eigenvalue weighted by Gasteiger charge is -2.39. The minimum Gasteiger partial charge on any atom is -0.497 e. The molecule has 1 N–H and O–H groups in total. The maximum absolute atomic E-state index is 14.8. The van der Waals surface area contributed by atoms with E-state index in [0.717, 1.165) is 105 Å². The number of anilines is 3. The van der Waals surface area contributed by atoms with Crippen LogP contribution in [0, 0.1) is 5.92 Å². The fraction of sp³-hybridized carbons (Fsp3) is 0.276. The summed E-state index contributed by atoms with van der Waals surface area (Å²) >= 11 is 0. The van der Waals surface area contributed by atoms with Gasteiger partial charge < -0.3 is 24.6 Å². The zero-order chi connectivity index (χ0) is 56.7. The van der Waals surface area contributed by atoms with Crippen molar-refractivity contribution in [3.05, 3.63) is 239 Å². The highest BCUT2D eigenvalue weighted by molar-refractivity contribution is 6.09. The number of alkyl halides is 1. The first kappa shape index (κ1) is 53.9. The van der Waals surface area contributed by atoms with Crippen molar-refractivity contribution >= 4 is 39.8 Å². The van der Waals surface area contributed by atoms with E-state index in [-0.39, 0.29) is 11.3 Å². The van der Waals surface area contributed by atoms with Gasteiger partial charge in [0, 0.05) is 76.3 Å². The summed E-state index contributed by atoms with van der Waals surface area (Å²) in [5.74, 6) is 3.06. The normalized spacial score (nSPS) is 18.7. The number of piperazine rings is 1. The molecule has 9 aromatic carbocycles. The number of ether oxygens (including phenoxy) is 2. The van der Waals surface area contributed by atoms with E-state index < -0.39 is 12.3 Å². The summed E-state index contributed by atoms with van der Waals surface area (Å²) in [6, 6.07) is 65.7. The van der Waals surface area contributed by atoms with E-state index in [1.807, 2.05) is 54.6 Å². The van der Waals surface area contributed by atoms with Crippen LogP contribution in [0.3, 0.4) is 0 Å². The summed E-state index contributed by atoms with van der Waals surface area (Å²) in [5, 5.41) is 5.07. The zero-order valence-electron chi connectivity index (χ0n) is 48.4. The van der Waals surface area contributed by atoms with Gasteiger partial charge in [-0.15, -0.1) is 0 Å². The third kappa shape index (κ3) is 10.3. The number of nitrogens with zero attached hydrogens (tertiary/aromatic N) is 2. The molecular weight excluding hydrogens is 1020 g/mol. The number of unbranched alkanes of at least 4 members (excludes halogenated alkanes) is 2. The average molecular weight is 1100 g/mol. The smallest absolute Gasteiger partial charge is 0.255 e. The molecule has 1 saturated carbocycles. The number of benzene rings is 9. The highest BCUT2D eigenvalue weighted by atomic mass is 19.1. The summed E-state index contributed by atoms with van der Waals surface area (Å²) < 4.78 is 27.9. The monoisotopic (exact) mass is 1100 g/mol. The van der Waals surface area contributed by atoms with Crippen molar-refractivity contribution in [2.45, 2.75) is 95.7 Å². The molecule has 0 radical (unpaired) electrons. The summed E-state index contributed by atoms with van der Waals surface area (Å²) in [5.41, 5.74) is 16.6. The molecular formula is C76H74FN3O3. The summed E-state index contributed by atoms with van der Waals surface area (Å²) in [7, 11) is 1.70. The Morgan fingerprint density at radius 2 is 1.27 bits per heavy atom. The molecule has 1 unspecified atom stereocenters. The number of hydrogen-bond acceptors (Lipinski definition) is 5. The second kappa shape index (κ2) is 22.7. The number of amides is 1. The van der Waals surface area contributed by atoms with Crippen LogP contribution in [0.25, 0.3) is 50.2 Å². The zero-order valence-corrected chi connectivity index (χ0v) is 48.4. The van der Waals surface area contributed by atoms with Gasteiger partial charge in [0.05, 0.1) is 7.11 Å². The second-order valence-corrected chi connectivity index (χ2v) is 24.1. The molecule has 1 atom stereocenters. The lowest BCUT2D eigenvalue weighted by molar-refractivity contribution is 0.102. The van der Waals surface area contributed by atoms with Gasteiger partial charge in [-0.1, -0.05) is 168 Å². The molecule has 2 heterocycles. The first-order valence-electron chi connectivity index (χ1n) is 30.2. The maximum Gasteiger partial charge on any atom is 0.255 e. The Balaban J connectivity index is 0.740. The molecule has 13 rings (SSSR count). The van der Waals surface area contributed by atoms with Crippen LogP contribution >= 0.6 is 0 Å². The number of methoxy groups -OCH3 is 1. The number of rotatable bonds is 15. The van der Waals surface area contributed by atoms with Gasteiger partial charge in [-0.05, 0) is 177 Å². The third-order valence-corrected chi connectivity index (χ3v) is 18.8. The molecule has 9 aromatic rings. The second-order valence-electron chi connectivity index (χ2n) is 24.1. The van der Waals surface area contributed by atoms with E-state index in [1.165, 1.54) is 85.0 Å². The van der Waals surface area contributed by atoms with Gasteiger partial charge in [-0.3, -0.25) is 4.79 Å². The molecule has 6 nitrogen and oxygen atoms in total. The molecule has 2 aliphatic carbocycles. The van der Waals surface area contributed by atoms with E-state index in [0.29, 0.717) is 17.0 Å². The number of fused-ring (bicyclic) bond motifs is 8. The SMILES string of the molecule is CCCCCC1CCC(c2ccc(-c3ccc(C(=O)Nc4ccc(-c5ccc6c(c5)-c5c(c7c(c8cc(CF)ccc58)OC(c5ccccc5)(c5ccc(N8CCN(c9ccc(OC)cc9)CC8)cc5)C=C7)C6(C)C)cc4)cc3)cc2)CC1. The van der Waals surface area contributed by atoms with Crippen LogP contribution in [0.5, 0.6) is 11.5 Å². The molecule has 2 fully saturated rings. The number of halogens is 1. The van der Waals surface area contributed by atoms with Crippen LogP contribution in [-0.4, -0.2) is 39.2 Å². The lowest BCUT2D eigenvalue weighted by atomic mass is 9.76. The van der Waals surface area contributed by atoms with Gasteiger partial charge in [-0.25, -0.2) is 4.39 Å². The Bertz CT molecular complexity index is 3820. The van der Waals surface area contributed by atoms with Gasteiger partial charge in [0.15, 0.2) is 5.60 Å². The molecule has 7 heteroatoms. The molecule has 2 aliphatic heterocycles. The minimum absolute atomic E-state index is 0.143. The highest BCUT2D eigenvalue weighted by Gasteiger charge is 2.44. The van der Waals surface area contributed by atoms with Crippen LogP contribution in [0.1, 0.15) is 127 Å². The standard InChI is InChI=1S/C76H74FN3O3/c1-5-6-8-11-51-14-17-53(18-15-51)54-19-21-55(22-20-54)56-23-25-58(26-24-56)74(81)78-62-32-27-57(28-33-62)59-29-41-70-69(49-59)71-66-40-16-52(50-77)48-68(66)73-67(72(71)75(70,2)3)42-43-76(83-73,60-12-9-7-10-13-60)61-30-34-63(35-31-61)79-44-46-80(47-45-79)64-36-38-65(82-4)39-37-64/h7,9-10,12-13,16,19-43,48-49,51,53H,5-6,8,11,14-15,17-18,44-47,50H2,1-4H3,(H,78,81). The van der Waals surface area contributed by atoms with Crippen LogP contribution in [-0.2, 0) is 17.7 Å². The molecule has 83 heavy (non-hydrogen) atoms. The summed E-state index contributed by atoms with van der Waals surface area (Å²) in [6.45, 7) is 9.99. The summed E-state index contributed by atoms with van der Waals surface area (Å²) in [4.78, 5) is 18.5. The van der Waals surface area contributed by atoms with Crippen LogP contribution in [0.4, 0.5) is 21.5 Å². The van der Waals surface area contributed by atoms with E-state index >= 15 is 0 Å². The predicted molar refractivity (Wildman–Crippen MR) is 341 cm³/mol. The average Bonchev–Trinajstić information content (AvgIpc) is 1.90.